The Labute approximate surface area is 85.3 Å². The molecule has 14 heavy (non-hydrogen) atoms. The number of amides is 1. The quantitative estimate of drug-likeness (QED) is 0.627. The van der Waals surface area contributed by atoms with Crippen molar-refractivity contribution in [1.29, 1.82) is 0 Å². The Bertz CT molecular complexity index is 217. The lowest BCUT2D eigenvalue weighted by molar-refractivity contribution is -0.136. The number of rotatable bonds is 4. The highest BCUT2D eigenvalue weighted by atomic mass is 16.2. The molecule has 80 valence electrons. The Morgan fingerprint density at radius 1 is 1.64 bits per heavy atom. The van der Waals surface area contributed by atoms with Crippen molar-refractivity contribution >= 4 is 5.91 Å². The van der Waals surface area contributed by atoms with Crippen molar-refractivity contribution in [2.45, 2.75) is 13.0 Å². The molecule has 1 aliphatic rings. The summed E-state index contributed by atoms with van der Waals surface area (Å²) in [5, 5.41) is 0. The molecule has 0 aromatic heterocycles. The van der Waals surface area contributed by atoms with E-state index in [4.69, 9.17) is 5.73 Å². The first-order valence-electron chi connectivity index (χ1n) is 5.01. The van der Waals surface area contributed by atoms with Crippen LogP contribution >= 0.6 is 0 Å². The number of carbonyl (C=O) groups excluding carboxylic acids is 1. The second-order valence-corrected chi connectivity index (χ2v) is 3.68. The Morgan fingerprint density at radius 3 is 2.86 bits per heavy atom. The van der Waals surface area contributed by atoms with Crippen LogP contribution in [0.15, 0.2) is 12.7 Å². The second kappa shape index (κ2) is 5.12. The van der Waals surface area contributed by atoms with E-state index in [0.29, 0.717) is 25.7 Å². The van der Waals surface area contributed by atoms with Crippen LogP contribution in [-0.2, 0) is 4.79 Å². The fourth-order valence-electron chi connectivity index (χ4n) is 1.60. The number of hydrogen-bond acceptors (Lipinski definition) is 3. The van der Waals surface area contributed by atoms with Crippen molar-refractivity contribution in [2.24, 2.45) is 5.73 Å². The molecule has 1 heterocycles. The smallest absolute Gasteiger partial charge is 0.237 e. The largest absolute Gasteiger partial charge is 0.337 e. The molecule has 0 saturated carbocycles. The second-order valence-electron chi connectivity index (χ2n) is 3.68. The van der Waals surface area contributed by atoms with E-state index in [0.717, 1.165) is 13.1 Å². The third-order valence-corrected chi connectivity index (χ3v) is 2.66. The van der Waals surface area contributed by atoms with Crippen LogP contribution in [0.3, 0.4) is 0 Å². The Morgan fingerprint density at radius 2 is 2.36 bits per heavy atom. The molecule has 4 heteroatoms. The first kappa shape index (κ1) is 11.2. The van der Waals surface area contributed by atoms with Crippen LogP contribution in [0.25, 0.3) is 0 Å². The average molecular weight is 197 g/mol. The number of nitrogens with zero attached hydrogens (tertiary/aromatic N) is 2. The topological polar surface area (TPSA) is 49.6 Å². The summed E-state index contributed by atoms with van der Waals surface area (Å²) in [6.45, 7) is 9.14. The van der Waals surface area contributed by atoms with Crippen LogP contribution in [-0.4, -0.2) is 54.5 Å². The van der Waals surface area contributed by atoms with Gasteiger partial charge >= 0.3 is 0 Å². The predicted octanol–water partition coefficient (Wildman–Crippen LogP) is -0.336. The van der Waals surface area contributed by atoms with E-state index in [9.17, 15) is 4.79 Å². The zero-order valence-electron chi connectivity index (χ0n) is 8.78. The summed E-state index contributed by atoms with van der Waals surface area (Å²) in [6, 6.07) is 0.296. The van der Waals surface area contributed by atoms with Crippen LogP contribution < -0.4 is 5.73 Å². The molecule has 2 N–H and O–H groups in total. The number of carbonyl (C=O) groups is 1. The minimum Gasteiger partial charge on any atom is -0.337 e. The maximum atomic E-state index is 11.6. The van der Waals surface area contributed by atoms with E-state index in [2.05, 4.69) is 18.4 Å². The van der Waals surface area contributed by atoms with Crippen molar-refractivity contribution in [1.82, 2.24) is 9.80 Å². The van der Waals surface area contributed by atoms with Gasteiger partial charge in [-0.05, 0) is 6.92 Å². The first-order valence-corrected chi connectivity index (χ1v) is 5.01. The standard InChI is InChI=1S/C10H19N3O/c1-3-4-12-5-6-13(8-10(12)14)9(2)7-11/h3,9H,1,4-8,11H2,2H3. The zero-order valence-corrected chi connectivity index (χ0v) is 8.78. The lowest BCUT2D eigenvalue weighted by Crippen LogP contribution is -2.54. The van der Waals surface area contributed by atoms with Gasteiger partial charge in [0, 0.05) is 32.2 Å². The molecule has 0 radical (unpaired) electrons. The van der Waals surface area contributed by atoms with E-state index in [1.165, 1.54) is 0 Å². The van der Waals surface area contributed by atoms with Gasteiger partial charge in [0.25, 0.3) is 0 Å². The Balaban J connectivity index is 2.46. The Kier molecular flexibility index (Phi) is 4.10. The summed E-state index contributed by atoms with van der Waals surface area (Å²) < 4.78 is 0. The fraction of sp³-hybridized carbons (Fsp3) is 0.700. The molecule has 1 aliphatic heterocycles. The van der Waals surface area contributed by atoms with Gasteiger partial charge in [-0.1, -0.05) is 6.08 Å². The summed E-state index contributed by atoms with van der Waals surface area (Å²) in [6.07, 6.45) is 1.76. The molecule has 0 aromatic rings. The van der Waals surface area contributed by atoms with E-state index in [-0.39, 0.29) is 5.91 Å². The molecular weight excluding hydrogens is 178 g/mol. The summed E-state index contributed by atoms with van der Waals surface area (Å²) in [7, 11) is 0. The van der Waals surface area contributed by atoms with E-state index in [1.807, 2.05) is 4.90 Å². The molecule has 0 bridgehead atoms. The molecule has 1 atom stereocenters. The lowest BCUT2D eigenvalue weighted by Gasteiger charge is -2.36. The zero-order chi connectivity index (χ0) is 10.6. The molecule has 1 amide bonds. The van der Waals surface area contributed by atoms with Gasteiger partial charge in [-0.3, -0.25) is 9.69 Å². The Hall–Kier alpha value is -0.870. The number of hydrogen-bond donors (Lipinski definition) is 1. The molecule has 0 aromatic carbocycles. The summed E-state index contributed by atoms with van der Waals surface area (Å²) >= 11 is 0. The molecule has 1 saturated heterocycles. The van der Waals surface area contributed by atoms with Gasteiger partial charge in [0.2, 0.25) is 5.91 Å². The maximum absolute atomic E-state index is 11.6. The predicted molar refractivity (Wildman–Crippen MR) is 56.9 cm³/mol. The van der Waals surface area contributed by atoms with Gasteiger partial charge in [-0.2, -0.15) is 0 Å². The molecular formula is C10H19N3O. The van der Waals surface area contributed by atoms with Crippen molar-refractivity contribution in [3.8, 4) is 0 Å². The highest BCUT2D eigenvalue weighted by Gasteiger charge is 2.25. The van der Waals surface area contributed by atoms with Gasteiger partial charge in [0.15, 0.2) is 0 Å². The van der Waals surface area contributed by atoms with Crippen LogP contribution in [0.1, 0.15) is 6.92 Å². The van der Waals surface area contributed by atoms with E-state index in [1.54, 1.807) is 6.08 Å². The van der Waals surface area contributed by atoms with E-state index >= 15 is 0 Å². The molecule has 0 spiro atoms. The number of nitrogens with two attached hydrogens (primary N) is 1. The minimum absolute atomic E-state index is 0.177. The third kappa shape index (κ3) is 2.56. The SMILES string of the molecule is C=CCN1CCN(C(C)CN)CC1=O. The summed E-state index contributed by atoms with van der Waals surface area (Å²) in [5.74, 6) is 0.177. The molecule has 4 nitrogen and oxygen atoms in total. The molecule has 1 unspecified atom stereocenters. The number of piperazine rings is 1. The van der Waals surface area contributed by atoms with Crippen molar-refractivity contribution in [3.63, 3.8) is 0 Å². The van der Waals surface area contributed by atoms with Crippen molar-refractivity contribution in [3.05, 3.63) is 12.7 Å². The average Bonchev–Trinajstić information content (AvgIpc) is 2.20. The fourth-order valence-corrected chi connectivity index (χ4v) is 1.60. The van der Waals surface area contributed by atoms with Gasteiger partial charge in [-0.15, -0.1) is 6.58 Å². The normalized spacial score (nSPS) is 21.0. The van der Waals surface area contributed by atoms with Crippen LogP contribution in [0.4, 0.5) is 0 Å². The first-order chi connectivity index (χ1) is 6.69. The minimum atomic E-state index is 0.177. The van der Waals surface area contributed by atoms with Crippen molar-refractivity contribution < 1.29 is 4.79 Å². The highest BCUT2D eigenvalue weighted by molar-refractivity contribution is 5.79. The molecule has 0 aliphatic carbocycles. The van der Waals surface area contributed by atoms with E-state index < -0.39 is 0 Å². The van der Waals surface area contributed by atoms with Crippen LogP contribution in [0.2, 0.25) is 0 Å². The van der Waals surface area contributed by atoms with Crippen LogP contribution in [0.5, 0.6) is 0 Å². The van der Waals surface area contributed by atoms with Crippen molar-refractivity contribution in [2.75, 3.05) is 32.7 Å². The van der Waals surface area contributed by atoms with Gasteiger partial charge in [0.05, 0.1) is 6.54 Å². The van der Waals surface area contributed by atoms with Gasteiger partial charge in [0.1, 0.15) is 0 Å². The third-order valence-electron chi connectivity index (χ3n) is 2.66. The van der Waals surface area contributed by atoms with Gasteiger partial charge < -0.3 is 10.6 Å². The maximum Gasteiger partial charge on any atom is 0.237 e. The molecule has 1 rings (SSSR count). The van der Waals surface area contributed by atoms with Gasteiger partial charge in [-0.25, -0.2) is 0 Å². The summed E-state index contributed by atoms with van der Waals surface area (Å²) in [5.41, 5.74) is 5.56. The summed E-state index contributed by atoms with van der Waals surface area (Å²) in [4.78, 5) is 15.6. The van der Waals surface area contributed by atoms with Crippen LogP contribution in [0, 0.1) is 0 Å². The monoisotopic (exact) mass is 197 g/mol. The highest BCUT2D eigenvalue weighted by Crippen LogP contribution is 2.06. The lowest BCUT2D eigenvalue weighted by atomic mass is 10.2. The molecule has 1 fully saturated rings.